The fourth-order valence-corrected chi connectivity index (χ4v) is 104. The fourth-order valence-electron chi connectivity index (χ4n) is 17.2. The Labute approximate surface area is 459 Å². The van der Waals surface area contributed by atoms with E-state index in [-0.39, 0.29) is 0 Å². The second-order valence-corrected chi connectivity index (χ2v) is 81.7. The van der Waals surface area contributed by atoms with Crippen LogP contribution >= 0.6 is 0 Å². The van der Waals surface area contributed by atoms with Crippen molar-refractivity contribution < 1.29 is 0 Å². The Balaban J connectivity index is 5.60. The van der Waals surface area contributed by atoms with Crippen LogP contribution in [0.3, 0.4) is 0 Å². The van der Waals surface area contributed by atoms with Crippen LogP contribution in [0.25, 0.3) is 0 Å². The molecule has 8 heteroatoms. The Kier molecular flexibility index (Phi) is 25.1. The Hall–Kier alpha value is -1.78. The standard InChI is InChI=1S/C64H112Si8/c1-49(2)65(50(3)4)41-33-34-43-67(53(9)10,54(11)12)69(57(17)18,58(19)20)45-37-38-47-71(61(25)26,62(27)28)72(63(29)30,64(31)32)48-40-39-46-70(59(21)22,60(23)24)68(55(13)14,56(15)16)44-36-35-42-66(65,51(5)6)52(7)8/h49-64H,1-32H3. The third kappa shape index (κ3) is 11.2. The smallest absolute Gasteiger partial charge is 0.119 e. The molecule has 0 aromatic rings. The molecule has 0 amide bonds. The Morgan fingerprint density at radius 1 is 0.125 bits per heavy atom. The van der Waals surface area contributed by atoms with Gasteiger partial charge in [0.05, 0.1) is 0 Å². The highest BCUT2D eigenvalue weighted by Crippen LogP contribution is 2.53. The van der Waals surface area contributed by atoms with Gasteiger partial charge in [-0.1, -0.05) is 222 Å². The van der Waals surface area contributed by atoms with Gasteiger partial charge in [-0.3, -0.25) is 0 Å². The molecular weight excluding hydrogens is 993 g/mol. The lowest BCUT2D eigenvalue weighted by atomic mass is 10.5. The minimum atomic E-state index is -2.51. The molecule has 0 spiro atoms. The minimum Gasteiger partial charge on any atom is -0.119 e. The highest BCUT2D eigenvalue weighted by molar-refractivity contribution is 7.52. The summed E-state index contributed by atoms with van der Waals surface area (Å²) in [4.78, 5) is 0. The summed E-state index contributed by atoms with van der Waals surface area (Å²) in [5.41, 5.74) is 41.0. The van der Waals surface area contributed by atoms with Crippen molar-refractivity contribution in [2.45, 2.75) is 310 Å². The van der Waals surface area contributed by atoms with Crippen molar-refractivity contribution in [1.82, 2.24) is 0 Å². The lowest BCUT2D eigenvalue weighted by Gasteiger charge is -2.51. The monoisotopic (exact) mass is 1100 g/mol. The van der Waals surface area contributed by atoms with E-state index in [2.05, 4.69) is 313 Å². The third-order valence-corrected chi connectivity index (χ3v) is 106. The number of rotatable bonds is 16. The normalized spacial score (nSPS) is 19.8. The molecule has 0 aromatic heterocycles. The van der Waals surface area contributed by atoms with E-state index in [1.165, 1.54) is 0 Å². The lowest BCUT2D eigenvalue weighted by Crippen LogP contribution is -2.69. The zero-order valence-electron chi connectivity index (χ0n) is 53.2. The molecule has 0 bridgehead atoms. The van der Waals surface area contributed by atoms with Crippen molar-refractivity contribution in [2.75, 3.05) is 0 Å². The summed E-state index contributed by atoms with van der Waals surface area (Å²) in [6.45, 7) is 79.2. The van der Waals surface area contributed by atoms with Gasteiger partial charge in [0.2, 0.25) is 0 Å². The lowest BCUT2D eigenvalue weighted by molar-refractivity contribution is 0.888. The van der Waals surface area contributed by atoms with E-state index in [0.29, 0.717) is 88.7 Å². The predicted octanol–water partition coefficient (Wildman–Crippen LogP) is 18.8. The van der Waals surface area contributed by atoms with Crippen LogP contribution in [-0.4, -0.2) is 60.7 Å². The second kappa shape index (κ2) is 26.5. The molecule has 1 aliphatic rings. The molecule has 0 N–H and O–H groups in total. The quantitative estimate of drug-likeness (QED) is 0.107. The first kappa shape index (κ1) is 68.2. The predicted molar refractivity (Wildman–Crippen MR) is 350 cm³/mol. The van der Waals surface area contributed by atoms with Crippen LogP contribution in [0.2, 0.25) is 88.7 Å². The van der Waals surface area contributed by atoms with Crippen LogP contribution in [0.1, 0.15) is 222 Å². The van der Waals surface area contributed by atoms with Crippen molar-refractivity contribution in [3.05, 3.63) is 0 Å². The summed E-state index contributed by atoms with van der Waals surface area (Å²) in [6, 6.07) is 0. The van der Waals surface area contributed by atoms with Crippen molar-refractivity contribution in [3.8, 4) is 91.7 Å². The van der Waals surface area contributed by atoms with Crippen molar-refractivity contribution in [1.29, 1.82) is 0 Å². The number of hydrogen-bond acceptors (Lipinski definition) is 0. The first-order valence-electron chi connectivity index (χ1n) is 29.1. The van der Waals surface area contributed by atoms with Crippen LogP contribution in [0.15, 0.2) is 0 Å². The molecule has 0 radical (unpaired) electrons. The van der Waals surface area contributed by atoms with Gasteiger partial charge in [-0.05, 0) is 136 Å². The van der Waals surface area contributed by atoms with Crippen LogP contribution in [0.4, 0.5) is 0 Å². The molecule has 0 aliphatic carbocycles. The Morgan fingerprint density at radius 3 is 0.222 bits per heavy atom. The SMILES string of the molecule is CC(C)[Si]1(C(C)C)C#CC#C[Si](C(C)C)(C(C)C)[Si](C(C)C)(C(C)C)C#CC#C[Si](C(C)C)(C(C)C)[Si](C(C)C)(C(C)C)C#CC#C[Si](C(C)C)(C(C)C)[Si](C(C)C)(C(C)C)C#CC#C[Si]1(C(C)C)C(C)C. The Bertz CT molecular complexity index is 1790. The summed E-state index contributed by atoms with van der Waals surface area (Å²) in [5.74, 6) is 30.7. The molecule has 1 rings (SSSR count). The summed E-state index contributed by atoms with van der Waals surface area (Å²) in [6.07, 6.45) is 0. The molecule has 0 atom stereocenters. The molecule has 0 fully saturated rings. The maximum atomic E-state index is 4.29. The maximum absolute atomic E-state index is 4.29. The van der Waals surface area contributed by atoms with E-state index >= 15 is 0 Å². The van der Waals surface area contributed by atoms with Gasteiger partial charge in [-0.15, -0.1) is 44.3 Å². The van der Waals surface area contributed by atoms with Gasteiger partial charge in [-0.25, -0.2) is 0 Å². The van der Waals surface area contributed by atoms with Crippen molar-refractivity contribution in [3.63, 3.8) is 0 Å². The Morgan fingerprint density at radius 2 is 0.181 bits per heavy atom. The molecular formula is C64H112Si8. The van der Waals surface area contributed by atoms with Crippen LogP contribution in [-0.2, 0) is 0 Å². The van der Waals surface area contributed by atoms with Gasteiger partial charge in [0, 0.05) is 0 Å². The van der Waals surface area contributed by atoms with E-state index < -0.39 is 60.7 Å². The molecule has 72 heavy (non-hydrogen) atoms. The topological polar surface area (TPSA) is 0 Å². The van der Waals surface area contributed by atoms with E-state index in [1.807, 2.05) is 0 Å². The zero-order chi connectivity index (χ0) is 56.6. The average molecular weight is 1110 g/mol. The first-order valence-corrected chi connectivity index (χ1v) is 50.3. The van der Waals surface area contributed by atoms with Gasteiger partial charge in [0.25, 0.3) is 0 Å². The van der Waals surface area contributed by atoms with Crippen molar-refractivity contribution >= 4 is 60.7 Å². The summed E-state index contributed by atoms with van der Waals surface area (Å²) < 4.78 is 0. The average Bonchev–Trinajstić information content (AvgIpc) is 3.22. The van der Waals surface area contributed by atoms with Gasteiger partial charge >= 0.3 is 0 Å². The third-order valence-electron chi connectivity index (χ3n) is 19.7. The molecule has 0 unspecified atom stereocenters. The van der Waals surface area contributed by atoms with E-state index in [9.17, 15) is 0 Å². The van der Waals surface area contributed by atoms with Gasteiger partial charge in [0.15, 0.2) is 60.7 Å². The van der Waals surface area contributed by atoms with Crippen molar-refractivity contribution in [2.24, 2.45) is 0 Å². The van der Waals surface area contributed by atoms with Crippen LogP contribution < -0.4 is 0 Å². The molecule has 400 valence electrons. The fraction of sp³-hybridized carbons (Fsp3) is 0.750. The second-order valence-electron chi connectivity index (χ2n) is 27.4. The highest BCUT2D eigenvalue weighted by Gasteiger charge is 2.65. The van der Waals surface area contributed by atoms with Gasteiger partial charge in [-0.2, -0.15) is 0 Å². The summed E-state index contributed by atoms with van der Waals surface area (Å²) >= 11 is 0. The van der Waals surface area contributed by atoms with Gasteiger partial charge < -0.3 is 0 Å². The largest absolute Gasteiger partial charge is 0.151 e. The first-order chi connectivity index (χ1) is 32.9. The van der Waals surface area contributed by atoms with E-state index in [1.54, 1.807) is 0 Å². The zero-order valence-corrected chi connectivity index (χ0v) is 61.2. The number of hydrogen-bond donors (Lipinski definition) is 0. The summed E-state index contributed by atoms with van der Waals surface area (Å²) in [5, 5.41) is 0. The van der Waals surface area contributed by atoms with Gasteiger partial charge in [0.1, 0.15) is 0 Å². The van der Waals surface area contributed by atoms with Crippen LogP contribution in [0, 0.1) is 91.7 Å². The maximum Gasteiger partial charge on any atom is 0.151 e. The molecule has 1 heterocycles. The van der Waals surface area contributed by atoms with E-state index in [4.69, 9.17) is 0 Å². The van der Waals surface area contributed by atoms with E-state index in [0.717, 1.165) is 0 Å². The molecule has 0 aromatic carbocycles. The summed E-state index contributed by atoms with van der Waals surface area (Å²) in [7, 11) is -20.1. The van der Waals surface area contributed by atoms with Crippen LogP contribution in [0.5, 0.6) is 0 Å². The molecule has 1 aliphatic heterocycles. The molecule has 0 saturated heterocycles. The minimum absolute atomic E-state index is 0.421. The highest BCUT2D eigenvalue weighted by atomic mass is 29.3. The molecule has 0 nitrogen and oxygen atoms in total. The molecule has 0 saturated carbocycles.